The van der Waals surface area contributed by atoms with E-state index in [0.29, 0.717) is 0 Å². The molecule has 0 aliphatic carbocycles. The highest BCUT2D eigenvalue weighted by atomic mass is 19.4. The largest absolute Gasteiger partial charge is 0.451 e. The summed E-state index contributed by atoms with van der Waals surface area (Å²) in [6.07, 6.45) is -5.14. The standard InChI is InChI=1S/C11H6F5NO2/c12-10(13)19-7-3-1-6(2-4-7)8(5-17)9(18)11(14,15)16/h1-4,8,10H. The fourth-order valence-electron chi connectivity index (χ4n) is 1.29. The molecule has 0 aromatic heterocycles. The number of rotatable bonds is 4. The molecule has 0 bridgehead atoms. The van der Waals surface area contributed by atoms with Crippen LogP contribution in [0, 0.1) is 11.3 Å². The van der Waals surface area contributed by atoms with Crippen molar-refractivity contribution in [1.82, 2.24) is 0 Å². The molecule has 0 saturated carbocycles. The normalized spacial score (nSPS) is 12.9. The Bertz CT molecular complexity index is 489. The number of carbonyl (C=O) groups excluding carboxylic acids is 1. The molecule has 0 aliphatic heterocycles. The Morgan fingerprint density at radius 2 is 1.74 bits per heavy atom. The third-order valence-corrected chi connectivity index (χ3v) is 2.11. The zero-order valence-corrected chi connectivity index (χ0v) is 9.12. The van der Waals surface area contributed by atoms with Crippen LogP contribution in [0.3, 0.4) is 0 Å². The Morgan fingerprint density at radius 3 is 2.11 bits per heavy atom. The Hall–Kier alpha value is -2.17. The van der Waals surface area contributed by atoms with Crippen molar-refractivity contribution < 1.29 is 31.5 Å². The number of alkyl halides is 5. The van der Waals surface area contributed by atoms with Crippen molar-refractivity contribution in [1.29, 1.82) is 5.26 Å². The van der Waals surface area contributed by atoms with E-state index >= 15 is 0 Å². The molecule has 0 fully saturated rings. The Kier molecular flexibility index (Phi) is 4.43. The van der Waals surface area contributed by atoms with Crippen molar-refractivity contribution in [2.45, 2.75) is 18.7 Å². The van der Waals surface area contributed by atoms with Crippen LogP contribution < -0.4 is 4.74 Å². The lowest BCUT2D eigenvalue weighted by molar-refractivity contribution is -0.171. The van der Waals surface area contributed by atoms with Gasteiger partial charge in [-0.3, -0.25) is 4.79 Å². The second kappa shape index (κ2) is 5.65. The summed E-state index contributed by atoms with van der Waals surface area (Å²) in [5.41, 5.74) is -0.244. The fourth-order valence-corrected chi connectivity index (χ4v) is 1.29. The number of ether oxygens (including phenoxy) is 1. The quantitative estimate of drug-likeness (QED) is 0.796. The van der Waals surface area contributed by atoms with Gasteiger partial charge >= 0.3 is 12.8 Å². The Balaban J connectivity index is 2.96. The zero-order chi connectivity index (χ0) is 14.6. The van der Waals surface area contributed by atoms with Crippen molar-refractivity contribution >= 4 is 5.78 Å². The summed E-state index contributed by atoms with van der Waals surface area (Å²) < 4.78 is 64.3. The second-order valence-electron chi connectivity index (χ2n) is 3.37. The van der Waals surface area contributed by atoms with E-state index in [4.69, 9.17) is 5.26 Å². The average Bonchev–Trinajstić information content (AvgIpc) is 2.30. The van der Waals surface area contributed by atoms with Crippen molar-refractivity contribution in [2.24, 2.45) is 0 Å². The number of carbonyl (C=O) groups is 1. The highest BCUT2D eigenvalue weighted by molar-refractivity contribution is 5.92. The van der Waals surface area contributed by atoms with E-state index < -0.39 is 24.5 Å². The molecule has 0 N–H and O–H groups in total. The Labute approximate surface area is 104 Å². The third-order valence-electron chi connectivity index (χ3n) is 2.11. The molecule has 0 amide bonds. The van der Waals surface area contributed by atoms with Crippen LogP contribution in [0.1, 0.15) is 11.5 Å². The first kappa shape index (κ1) is 14.9. The number of benzene rings is 1. The third kappa shape index (κ3) is 3.91. The summed E-state index contributed by atoms with van der Waals surface area (Å²) in [7, 11) is 0. The number of hydrogen-bond acceptors (Lipinski definition) is 3. The predicted octanol–water partition coefficient (Wildman–Crippen LogP) is 3.03. The van der Waals surface area contributed by atoms with Gasteiger partial charge in [0.05, 0.1) is 6.07 Å². The van der Waals surface area contributed by atoms with Crippen molar-refractivity contribution in [3.63, 3.8) is 0 Å². The predicted molar refractivity (Wildman–Crippen MR) is 52.5 cm³/mol. The minimum Gasteiger partial charge on any atom is -0.435 e. The molecular weight excluding hydrogens is 273 g/mol. The van der Waals surface area contributed by atoms with Crippen LogP contribution in [0.2, 0.25) is 0 Å². The average molecular weight is 279 g/mol. The SMILES string of the molecule is N#CC(C(=O)C(F)(F)F)c1ccc(OC(F)F)cc1. The van der Waals surface area contributed by atoms with E-state index in [-0.39, 0.29) is 11.3 Å². The summed E-state index contributed by atoms with van der Waals surface area (Å²) in [5, 5.41) is 8.61. The maximum absolute atomic E-state index is 12.2. The van der Waals surface area contributed by atoms with E-state index in [9.17, 15) is 26.7 Å². The number of hydrogen-bond donors (Lipinski definition) is 0. The first-order chi connectivity index (χ1) is 8.75. The molecule has 0 saturated heterocycles. The fraction of sp³-hybridized carbons (Fsp3) is 0.273. The van der Waals surface area contributed by atoms with Gasteiger partial charge in [-0.05, 0) is 17.7 Å². The summed E-state index contributed by atoms with van der Waals surface area (Å²) >= 11 is 0. The van der Waals surface area contributed by atoms with Crippen LogP contribution in [-0.2, 0) is 4.79 Å². The summed E-state index contributed by atoms with van der Waals surface area (Å²) in [5.74, 6) is -4.52. The molecule has 1 aromatic rings. The van der Waals surface area contributed by atoms with Crippen LogP contribution in [0.25, 0.3) is 0 Å². The van der Waals surface area contributed by atoms with Crippen molar-refractivity contribution in [3.8, 4) is 11.8 Å². The number of ketones is 1. The number of nitrogens with zero attached hydrogens (tertiary/aromatic N) is 1. The lowest BCUT2D eigenvalue weighted by Gasteiger charge is -2.11. The number of nitriles is 1. The lowest BCUT2D eigenvalue weighted by Crippen LogP contribution is -2.28. The molecule has 0 heterocycles. The minimum absolute atomic E-state index is 0.244. The zero-order valence-electron chi connectivity index (χ0n) is 9.12. The van der Waals surface area contributed by atoms with Crippen LogP contribution in [0.5, 0.6) is 5.75 Å². The molecular formula is C11H6F5NO2. The summed E-state index contributed by atoms with van der Waals surface area (Å²) in [6.45, 7) is -3.07. The van der Waals surface area contributed by atoms with E-state index in [2.05, 4.69) is 4.74 Å². The molecule has 1 atom stereocenters. The van der Waals surface area contributed by atoms with Gasteiger partial charge in [0, 0.05) is 0 Å². The minimum atomic E-state index is -5.14. The Morgan fingerprint density at radius 1 is 1.21 bits per heavy atom. The molecule has 19 heavy (non-hydrogen) atoms. The van der Waals surface area contributed by atoms with Crippen LogP contribution >= 0.6 is 0 Å². The van der Waals surface area contributed by atoms with Gasteiger partial charge in [-0.15, -0.1) is 0 Å². The lowest BCUT2D eigenvalue weighted by atomic mass is 9.96. The number of Topliss-reactive ketones (excluding diaryl/α,β-unsaturated/α-hetero) is 1. The molecule has 0 radical (unpaired) electrons. The maximum Gasteiger partial charge on any atom is 0.451 e. The van der Waals surface area contributed by atoms with E-state index in [0.717, 1.165) is 24.3 Å². The number of halogens is 5. The van der Waals surface area contributed by atoms with E-state index in [1.165, 1.54) is 6.07 Å². The van der Waals surface area contributed by atoms with Gasteiger partial charge in [-0.1, -0.05) is 12.1 Å². The van der Waals surface area contributed by atoms with Crippen molar-refractivity contribution in [2.75, 3.05) is 0 Å². The van der Waals surface area contributed by atoms with Gasteiger partial charge in [0.15, 0.2) is 0 Å². The van der Waals surface area contributed by atoms with E-state index in [1.807, 2.05) is 0 Å². The van der Waals surface area contributed by atoms with Gasteiger partial charge < -0.3 is 4.74 Å². The molecule has 0 aliphatic rings. The second-order valence-corrected chi connectivity index (χ2v) is 3.37. The highest BCUT2D eigenvalue weighted by Crippen LogP contribution is 2.28. The highest BCUT2D eigenvalue weighted by Gasteiger charge is 2.44. The van der Waals surface area contributed by atoms with Crippen molar-refractivity contribution in [3.05, 3.63) is 29.8 Å². The molecule has 0 spiro atoms. The molecule has 102 valence electrons. The van der Waals surface area contributed by atoms with Crippen LogP contribution in [-0.4, -0.2) is 18.6 Å². The van der Waals surface area contributed by atoms with E-state index in [1.54, 1.807) is 0 Å². The van der Waals surface area contributed by atoms with Gasteiger partial charge in [0.25, 0.3) is 5.78 Å². The smallest absolute Gasteiger partial charge is 0.435 e. The van der Waals surface area contributed by atoms with Gasteiger partial charge in [0.1, 0.15) is 11.7 Å². The molecule has 1 unspecified atom stereocenters. The van der Waals surface area contributed by atoms with Gasteiger partial charge in [0.2, 0.25) is 0 Å². The summed E-state index contributed by atoms with van der Waals surface area (Å²) in [4.78, 5) is 11.0. The van der Waals surface area contributed by atoms with Crippen LogP contribution in [0.4, 0.5) is 22.0 Å². The molecule has 1 rings (SSSR count). The van der Waals surface area contributed by atoms with Crippen LogP contribution in [0.15, 0.2) is 24.3 Å². The first-order valence-corrected chi connectivity index (χ1v) is 4.81. The van der Waals surface area contributed by atoms with Gasteiger partial charge in [-0.2, -0.15) is 27.2 Å². The monoisotopic (exact) mass is 279 g/mol. The topological polar surface area (TPSA) is 50.1 Å². The summed E-state index contributed by atoms with van der Waals surface area (Å²) in [6, 6.07) is 5.04. The molecule has 8 heteroatoms. The van der Waals surface area contributed by atoms with Gasteiger partial charge in [-0.25, -0.2) is 0 Å². The maximum atomic E-state index is 12.2. The molecule has 1 aromatic carbocycles. The first-order valence-electron chi connectivity index (χ1n) is 4.81. The molecule has 3 nitrogen and oxygen atoms in total.